The zero-order chi connectivity index (χ0) is 12.4. The van der Waals surface area contributed by atoms with E-state index in [1.54, 1.807) is 0 Å². The van der Waals surface area contributed by atoms with Crippen molar-refractivity contribution in [3.05, 3.63) is 54.1 Å². The topological polar surface area (TPSA) is 63.8 Å². The SMILES string of the molecule is NNC(c1cncnc1)C1Cc2ccccc2S1. The smallest absolute Gasteiger partial charge is 0.115 e. The van der Waals surface area contributed by atoms with E-state index in [1.165, 1.54) is 16.8 Å². The molecular weight excluding hydrogens is 244 g/mol. The lowest BCUT2D eigenvalue weighted by atomic mass is 10.0. The van der Waals surface area contributed by atoms with Crippen molar-refractivity contribution in [3.63, 3.8) is 0 Å². The van der Waals surface area contributed by atoms with Crippen molar-refractivity contribution in [1.82, 2.24) is 15.4 Å². The molecule has 1 aromatic carbocycles. The van der Waals surface area contributed by atoms with E-state index in [0.29, 0.717) is 5.25 Å². The van der Waals surface area contributed by atoms with Crippen molar-refractivity contribution >= 4 is 11.8 Å². The fraction of sp³-hybridized carbons (Fsp3) is 0.231. The minimum absolute atomic E-state index is 0.0728. The van der Waals surface area contributed by atoms with Crippen molar-refractivity contribution in [2.45, 2.75) is 22.6 Å². The number of aromatic nitrogens is 2. The number of thioether (sulfide) groups is 1. The van der Waals surface area contributed by atoms with Gasteiger partial charge in [-0.25, -0.2) is 9.97 Å². The van der Waals surface area contributed by atoms with Crippen LogP contribution in [0.25, 0.3) is 0 Å². The van der Waals surface area contributed by atoms with E-state index in [9.17, 15) is 0 Å². The van der Waals surface area contributed by atoms with E-state index in [-0.39, 0.29) is 6.04 Å². The van der Waals surface area contributed by atoms with Gasteiger partial charge in [0.1, 0.15) is 6.33 Å². The van der Waals surface area contributed by atoms with E-state index in [0.717, 1.165) is 12.0 Å². The number of fused-ring (bicyclic) bond motifs is 1. The molecule has 2 aromatic rings. The maximum absolute atomic E-state index is 5.70. The Hall–Kier alpha value is -1.43. The molecule has 0 fully saturated rings. The predicted octanol–water partition coefficient (Wildman–Crippen LogP) is 1.70. The average molecular weight is 258 g/mol. The molecule has 2 heterocycles. The average Bonchev–Trinajstić information content (AvgIpc) is 2.84. The highest BCUT2D eigenvalue weighted by atomic mass is 32.2. The van der Waals surface area contributed by atoms with Crippen LogP contribution in [0.15, 0.2) is 47.9 Å². The van der Waals surface area contributed by atoms with E-state index in [1.807, 2.05) is 24.2 Å². The molecule has 5 heteroatoms. The molecule has 1 aliphatic rings. The van der Waals surface area contributed by atoms with Gasteiger partial charge in [0.15, 0.2) is 0 Å². The molecule has 1 aliphatic heterocycles. The highest BCUT2D eigenvalue weighted by molar-refractivity contribution is 8.00. The first kappa shape index (κ1) is 11.6. The van der Waals surface area contributed by atoms with Gasteiger partial charge in [-0.15, -0.1) is 11.8 Å². The van der Waals surface area contributed by atoms with Gasteiger partial charge in [-0.3, -0.25) is 11.3 Å². The molecule has 3 rings (SSSR count). The quantitative estimate of drug-likeness (QED) is 0.648. The summed E-state index contributed by atoms with van der Waals surface area (Å²) in [6.07, 6.45) is 6.19. The molecule has 3 N–H and O–H groups in total. The molecule has 1 aromatic heterocycles. The molecular formula is C13H14N4S. The van der Waals surface area contributed by atoms with Crippen LogP contribution < -0.4 is 11.3 Å². The summed E-state index contributed by atoms with van der Waals surface area (Å²) in [5.74, 6) is 5.70. The third-order valence-corrected chi connectivity index (χ3v) is 4.56. The lowest BCUT2D eigenvalue weighted by Gasteiger charge is -2.21. The van der Waals surface area contributed by atoms with Gasteiger partial charge in [-0.1, -0.05) is 18.2 Å². The predicted molar refractivity (Wildman–Crippen MR) is 71.9 cm³/mol. The first-order chi connectivity index (χ1) is 8.88. The summed E-state index contributed by atoms with van der Waals surface area (Å²) in [5.41, 5.74) is 5.32. The molecule has 2 unspecified atom stereocenters. The second kappa shape index (κ2) is 5.06. The molecule has 0 radical (unpaired) electrons. The zero-order valence-corrected chi connectivity index (χ0v) is 10.6. The van der Waals surface area contributed by atoms with Crippen LogP contribution in [0.4, 0.5) is 0 Å². The van der Waals surface area contributed by atoms with Gasteiger partial charge in [0.05, 0.1) is 6.04 Å². The summed E-state index contributed by atoms with van der Waals surface area (Å²) in [6.45, 7) is 0. The standard InChI is InChI=1S/C13H14N4S/c14-17-13(10-6-15-8-16-7-10)12-5-9-3-1-2-4-11(9)18-12/h1-4,6-8,12-13,17H,5,14H2. The normalized spacial score (nSPS) is 19.5. The van der Waals surface area contributed by atoms with Gasteiger partial charge >= 0.3 is 0 Å². The van der Waals surface area contributed by atoms with Gasteiger partial charge in [-0.05, 0) is 18.1 Å². The molecule has 0 bridgehead atoms. The lowest BCUT2D eigenvalue weighted by molar-refractivity contribution is 0.530. The molecule has 2 atom stereocenters. The summed E-state index contributed by atoms with van der Waals surface area (Å²) in [5, 5.41) is 0.387. The van der Waals surface area contributed by atoms with Crippen molar-refractivity contribution in [2.75, 3.05) is 0 Å². The number of nitrogens with two attached hydrogens (primary N) is 1. The molecule has 0 saturated carbocycles. The first-order valence-electron chi connectivity index (χ1n) is 5.84. The van der Waals surface area contributed by atoms with E-state index in [2.05, 4.69) is 39.7 Å². The number of hydrogen-bond acceptors (Lipinski definition) is 5. The Morgan fingerprint density at radius 3 is 2.78 bits per heavy atom. The highest BCUT2D eigenvalue weighted by Crippen LogP contribution is 2.41. The van der Waals surface area contributed by atoms with Crippen LogP contribution in [0.2, 0.25) is 0 Å². The molecule has 4 nitrogen and oxygen atoms in total. The fourth-order valence-electron chi connectivity index (χ4n) is 2.28. The van der Waals surface area contributed by atoms with E-state index < -0.39 is 0 Å². The van der Waals surface area contributed by atoms with Crippen LogP contribution in [-0.2, 0) is 6.42 Å². The maximum Gasteiger partial charge on any atom is 0.115 e. The van der Waals surface area contributed by atoms with Crippen LogP contribution in [0.3, 0.4) is 0 Å². The summed E-state index contributed by atoms with van der Waals surface area (Å²) in [7, 11) is 0. The number of benzene rings is 1. The van der Waals surface area contributed by atoms with E-state index >= 15 is 0 Å². The summed E-state index contributed by atoms with van der Waals surface area (Å²) in [6, 6.07) is 8.57. The highest BCUT2D eigenvalue weighted by Gasteiger charge is 2.30. The lowest BCUT2D eigenvalue weighted by Crippen LogP contribution is -2.35. The van der Waals surface area contributed by atoms with Crippen LogP contribution in [-0.4, -0.2) is 15.2 Å². The Morgan fingerprint density at radius 2 is 2.06 bits per heavy atom. The van der Waals surface area contributed by atoms with Gasteiger partial charge in [0.25, 0.3) is 0 Å². The molecule has 0 amide bonds. The minimum atomic E-state index is 0.0728. The summed E-state index contributed by atoms with van der Waals surface area (Å²) < 4.78 is 0. The van der Waals surface area contributed by atoms with Crippen LogP contribution in [0, 0.1) is 0 Å². The largest absolute Gasteiger partial charge is 0.271 e. The third kappa shape index (κ3) is 2.12. The summed E-state index contributed by atoms with van der Waals surface area (Å²) in [4.78, 5) is 9.46. The number of nitrogens with one attached hydrogen (secondary N) is 1. The minimum Gasteiger partial charge on any atom is -0.271 e. The second-order valence-electron chi connectivity index (χ2n) is 4.28. The molecule has 18 heavy (non-hydrogen) atoms. The Kier molecular flexibility index (Phi) is 3.27. The fourth-order valence-corrected chi connectivity index (χ4v) is 3.70. The van der Waals surface area contributed by atoms with Crippen molar-refractivity contribution < 1.29 is 0 Å². The number of rotatable bonds is 3. The van der Waals surface area contributed by atoms with E-state index in [4.69, 9.17) is 5.84 Å². The Bertz CT molecular complexity index is 507. The van der Waals surface area contributed by atoms with Crippen molar-refractivity contribution in [2.24, 2.45) is 5.84 Å². The van der Waals surface area contributed by atoms with Crippen LogP contribution in [0.5, 0.6) is 0 Å². The first-order valence-corrected chi connectivity index (χ1v) is 6.72. The Labute approximate surface area is 110 Å². The van der Waals surface area contributed by atoms with Gasteiger partial charge in [0.2, 0.25) is 0 Å². The monoisotopic (exact) mass is 258 g/mol. The van der Waals surface area contributed by atoms with Crippen LogP contribution >= 0.6 is 11.8 Å². The molecule has 92 valence electrons. The number of hydrazine groups is 1. The zero-order valence-electron chi connectivity index (χ0n) is 9.78. The Morgan fingerprint density at radius 1 is 1.28 bits per heavy atom. The Balaban J connectivity index is 1.84. The molecule has 0 spiro atoms. The van der Waals surface area contributed by atoms with Gasteiger partial charge < -0.3 is 0 Å². The maximum atomic E-state index is 5.70. The van der Waals surface area contributed by atoms with Crippen molar-refractivity contribution in [1.29, 1.82) is 0 Å². The molecule has 0 aliphatic carbocycles. The third-order valence-electron chi connectivity index (χ3n) is 3.16. The number of nitrogens with zero attached hydrogens (tertiary/aromatic N) is 2. The van der Waals surface area contributed by atoms with Gasteiger partial charge in [-0.2, -0.15) is 0 Å². The van der Waals surface area contributed by atoms with Crippen LogP contribution in [0.1, 0.15) is 17.2 Å². The van der Waals surface area contributed by atoms with Crippen molar-refractivity contribution in [3.8, 4) is 0 Å². The summed E-state index contributed by atoms with van der Waals surface area (Å²) >= 11 is 1.87. The number of hydrogen-bond donors (Lipinski definition) is 2. The molecule has 0 saturated heterocycles. The second-order valence-corrected chi connectivity index (χ2v) is 5.57. The van der Waals surface area contributed by atoms with Gasteiger partial charge in [0, 0.05) is 28.1 Å².